The van der Waals surface area contributed by atoms with Crippen molar-refractivity contribution in [2.45, 2.75) is 45.1 Å². The lowest BCUT2D eigenvalue weighted by Gasteiger charge is -2.34. The molecule has 0 aliphatic carbocycles. The van der Waals surface area contributed by atoms with Gasteiger partial charge in [0.05, 0.1) is 6.20 Å². The smallest absolute Gasteiger partial charge is 0.311 e. The van der Waals surface area contributed by atoms with Gasteiger partial charge in [0.25, 0.3) is 0 Å². The molecule has 0 saturated carbocycles. The summed E-state index contributed by atoms with van der Waals surface area (Å²) in [6.45, 7) is 6.45. The third-order valence-electron chi connectivity index (χ3n) is 3.43. The predicted molar refractivity (Wildman–Crippen MR) is 66.5 cm³/mol. The molecular weight excluding hydrogens is 232 g/mol. The number of hydrogen-bond acceptors (Lipinski definition) is 4. The van der Waals surface area contributed by atoms with E-state index in [-0.39, 0.29) is 6.42 Å². The molecule has 1 aromatic rings. The van der Waals surface area contributed by atoms with Crippen LogP contribution in [0.1, 0.15) is 44.3 Å². The molecule has 5 nitrogen and oxygen atoms in total. The highest BCUT2D eigenvalue weighted by Crippen LogP contribution is 2.27. The van der Waals surface area contributed by atoms with Gasteiger partial charge in [-0.1, -0.05) is 0 Å². The van der Waals surface area contributed by atoms with Gasteiger partial charge in [0.2, 0.25) is 0 Å². The van der Waals surface area contributed by atoms with Crippen molar-refractivity contribution in [2.24, 2.45) is 0 Å². The molecule has 100 valence electrons. The molecule has 1 aliphatic rings. The molecule has 0 spiro atoms. The fraction of sp³-hybridized carbons (Fsp3) is 0.692. The Morgan fingerprint density at radius 3 is 3.11 bits per heavy atom. The quantitative estimate of drug-likeness (QED) is 0.886. The monoisotopic (exact) mass is 252 g/mol. The molecule has 0 amide bonds. The zero-order valence-electron chi connectivity index (χ0n) is 10.9. The van der Waals surface area contributed by atoms with Gasteiger partial charge in [-0.15, -0.1) is 0 Å². The molecular formula is C13H20N2O3. The second-order valence-electron chi connectivity index (χ2n) is 5.16. The van der Waals surface area contributed by atoms with Crippen LogP contribution >= 0.6 is 0 Å². The van der Waals surface area contributed by atoms with Gasteiger partial charge in [-0.2, -0.15) is 0 Å². The van der Waals surface area contributed by atoms with E-state index in [1.54, 1.807) is 0 Å². The van der Waals surface area contributed by atoms with Gasteiger partial charge in [0, 0.05) is 18.5 Å². The van der Waals surface area contributed by atoms with E-state index in [1.807, 2.05) is 0 Å². The summed E-state index contributed by atoms with van der Waals surface area (Å²) in [7, 11) is 0. The largest absolute Gasteiger partial charge is 0.481 e. The minimum absolute atomic E-state index is 0.0897. The zero-order chi connectivity index (χ0) is 13.1. The molecule has 0 aromatic carbocycles. The van der Waals surface area contributed by atoms with Crippen molar-refractivity contribution < 1.29 is 14.3 Å². The van der Waals surface area contributed by atoms with Crippen LogP contribution in [-0.4, -0.2) is 40.1 Å². The summed E-state index contributed by atoms with van der Waals surface area (Å²) in [5.41, 5.74) is 0. The standard InChI is InChI=1S/C13H20N2O3/c1-9(2)15-5-3-4-10(8-15)13-14-7-11(18-13)6-12(16)17/h7,9-10H,3-6,8H2,1-2H3,(H,16,17). The predicted octanol–water partition coefficient (Wildman–Crippen LogP) is 1.89. The Hall–Kier alpha value is -1.36. The highest BCUT2D eigenvalue weighted by Gasteiger charge is 2.26. The van der Waals surface area contributed by atoms with Gasteiger partial charge in [-0.3, -0.25) is 4.79 Å². The van der Waals surface area contributed by atoms with E-state index < -0.39 is 5.97 Å². The van der Waals surface area contributed by atoms with Crippen LogP contribution in [-0.2, 0) is 11.2 Å². The molecule has 1 fully saturated rings. The third-order valence-corrected chi connectivity index (χ3v) is 3.43. The molecule has 1 aromatic heterocycles. The van der Waals surface area contributed by atoms with E-state index in [0.717, 1.165) is 25.9 Å². The number of oxazole rings is 1. The first kappa shape index (κ1) is 13.1. The number of hydrogen-bond donors (Lipinski definition) is 1. The van der Waals surface area contributed by atoms with Gasteiger partial charge in [0.1, 0.15) is 12.2 Å². The topological polar surface area (TPSA) is 66.6 Å². The minimum atomic E-state index is -0.884. The highest BCUT2D eigenvalue weighted by atomic mass is 16.4. The number of aliphatic carboxylic acids is 1. The summed E-state index contributed by atoms with van der Waals surface area (Å²) in [5, 5.41) is 8.71. The maximum absolute atomic E-state index is 10.6. The number of piperidine rings is 1. The lowest BCUT2D eigenvalue weighted by Crippen LogP contribution is -2.39. The van der Waals surface area contributed by atoms with Gasteiger partial charge in [-0.25, -0.2) is 4.98 Å². The fourth-order valence-electron chi connectivity index (χ4n) is 2.42. The van der Waals surface area contributed by atoms with E-state index in [9.17, 15) is 4.79 Å². The van der Waals surface area contributed by atoms with Crippen molar-refractivity contribution in [3.05, 3.63) is 17.8 Å². The first-order valence-corrected chi connectivity index (χ1v) is 6.46. The Morgan fingerprint density at radius 1 is 1.67 bits per heavy atom. The molecule has 18 heavy (non-hydrogen) atoms. The highest BCUT2D eigenvalue weighted by molar-refractivity contribution is 5.69. The van der Waals surface area contributed by atoms with Gasteiger partial charge < -0.3 is 14.4 Å². The van der Waals surface area contributed by atoms with Crippen molar-refractivity contribution in [3.8, 4) is 0 Å². The number of carbonyl (C=O) groups is 1. The van der Waals surface area contributed by atoms with Crippen molar-refractivity contribution in [1.82, 2.24) is 9.88 Å². The number of likely N-dealkylation sites (tertiary alicyclic amines) is 1. The van der Waals surface area contributed by atoms with Gasteiger partial charge in [0.15, 0.2) is 5.89 Å². The lowest BCUT2D eigenvalue weighted by atomic mass is 9.97. The van der Waals surface area contributed by atoms with E-state index in [2.05, 4.69) is 23.7 Å². The number of carboxylic acids is 1. The third kappa shape index (κ3) is 3.10. The van der Waals surface area contributed by atoms with E-state index in [1.165, 1.54) is 6.20 Å². The summed E-state index contributed by atoms with van der Waals surface area (Å²) in [4.78, 5) is 17.2. The van der Waals surface area contributed by atoms with Crippen LogP contribution in [0.25, 0.3) is 0 Å². The van der Waals surface area contributed by atoms with E-state index >= 15 is 0 Å². The fourth-order valence-corrected chi connectivity index (χ4v) is 2.42. The van der Waals surface area contributed by atoms with Crippen LogP contribution in [0, 0.1) is 0 Å². The zero-order valence-corrected chi connectivity index (χ0v) is 10.9. The maximum Gasteiger partial charge on any atom is 0.311 e. The number of nitrogens with zero attached hydrogens (tertiary/aromatic N) is 2. The first-order chi connectivity index (χ1) is 8.56. The minimum Gasteiger partial charge on any atom is -0.481 e. The lowest BCUT2D eigenvalue weighted by molar-refractivity contribution is -0.136. The van der Waals surface area contributed by atoms with Crippen molar-refractivity contribution in [1.29, 1.82) is 0 Å². The molecule has 5 heteroatoms. The van der Waals surface area contributed by atoms with Crippen LogP contribution in [0.2, 0.25) is 0 Å². The molecule has 0 radical (unpaired) electrons. The number of carboxylic acid groups (broad SMARTS) is 1. The Bertz CT molecular complexity index is 414. The first-order valence-electron chi connectivity index (χ1n) is 6.46. The summed E-state index contributed by atoms with van der Waals surface area (Å²) < 4.78 is 5.54. The number of aromatic nitrogens is 1. The number of rotatable bonds is 4. The normalized spacial score (nSPS) is 21.4. The molecule has 2 rings (SSSR count). The van der Waals surface area contributed by atoms with Crippen LogP contribution in [0.5, 0.6) is 0 Å². The maximum atomic E-state index is 10.6. The molecule has 1 atom stereocenters. The van der Waals surface area contributed by atoms with Gasteiger partial charge >= 0.3 is 5.97 Å². The second-order valence-corrected chi connectivity index (χ2v) is 5.16. The average Bonchev–Trinajstić information content (AvgIpc) is 2.77. The second kappa shape index (κ2) is 5.52. The van der Waals surface area contributed by atoms with E-state index in [0.29, 0.717) is 23.6 Å². The Morgan fingerprint density at radius 2 is 2.44 bits per heavy atom. The van der Waals surface area contributed by atoms with Crippen LogP contribution in [0.15, 0.2) is 10.6 Å². The molecule has 1 N–H and O–H groups in total. The van der Waals surface area contributed by atoms with Gasteiger partial charge in [-0.05, 0) is 33.2 Å². The molecule has 2 heterocycles. The van der Waals surface area contributed by atoms with Crippen LogP contribution in [0.3, 0.4) is 0 Å². The van der Waals surface area contributed by atoms with Crippen molar-refractivity contribution >= 4 is 5.97 Å². The molecule has 1 unspecified atom stereocenters. The Labute approximate surface area is 107 Å². The summed E-state index contributed by atoms with van der Waals surface area (Å²) in [5.74, 6) is 0.546. The molecule has 1 saturated heterocycles. The SMILES string of the molecule is CC(C)N1CCCC(c2ncc(CC(=O)O)o2)C1. The molecule has 1 aliphatic heterocycles. The van der Waals surface area contributed by atoms with Crippen LogP contribution in [0.4, 0.5) is 0 Å². The van der Waals surface area contributed by atoms with Crippen LogP contribution < -0.4 is 0 Å². The van der Waals surface area contributed by atoms with E-state index in [4.69, 9.17) is 9.52 Å². The Balaban J connectivity index is 2.02. The molecule has 0 bridgehead atoms. The Kier molecular flexibility index (Phi) is 4.01. The van der Waals surface area contributed by atoms with Crippen molar-refractivity contribution in [3.63, 3.8) is 0 Å². The van der Waals surface area contributed by atoms with Crippen molar-refractivity contribution in [2.75, 3.05) is 13.1 Å². The summed E-state index contributed by atoms with van der Waals surface area (Å²) >= 11 is 0. The summed E-state index contributed by atoms with van der Waals surface area (Å²) in [6, 6.07) is 0.529. The average molecular weight is 252 g/mol. The summed E-state index contributed by atoms with van der Waals surface area (Å²) in [6.07, 6.45) is 3.65.